The molecule has 0 spiro atoms. The van der Waals surface area contributed by atoms with E-state index in [1.165, 1.54) is 11.6 Å². The molecule has 1 saturated carbocycles. The van der Waals surface area contributed by atoms with Gasteiger partial charge in [-0.25, -0.2) is 4.39 Å². The molecule has 2 aliphatic rings. The van der Waals surface area contributed by atoms with Crippen molar-refractivity contribution in [3.8, 4) is 6.07 Å². The van der Waals surface area contributed by atoms with E-state index in [-0.39, 0.29) is 23.7 Å². The van der Waals surface area contributed by atoms with Gasteiger partial charge in [-0.15, -0.1) is 0 Å². The maximum absolute atomic E-state index is 14.1. The van der Waals surface area contributed by atoms with Crippen LogP contribution in [0.2, 0.25) is 0 Å². The molecule has 4 rings (SSSR count). The van der Waals surface area contributed by atoms with Crippen LogP contribution in [0.25, 0.3) is 0 Å². The third kappa shape index (κ3) is 3.95. The van der Waals surface area contributed by atoms with Crippen LogP contribution in [0.4, 0.5) is 4.39 Å². The Morgan fingerprint density at radius 1 is 1.03 bits per heavy atom. The van der Waals surface area contributed by atoms with Crippen molar-refractivity contribution in [2.75, 3.05) is 13.1 Å². The van der Waals surface area contributed by atoms with Crippen molar-refractivity contribution < 1.29 is 4.39 Å². The topological polar surface area (TPSA) is 53.0 Å². The van der Waals surface area contributed by atoms with Gasteiger partial charge in [-0.2, -0.15) is 5.26 Å². The van der Waals surface area contributed by atoms with E-state index in [1.807, 2.05) is 12.1 Å². The smallest absolute Gasteiger partial charge is 0.123 e. The molecule has 1 saturated heterocycles. The maximum Gasteiger partial charge on any atom is 0.123 e. The fraction of sp³-hybridized carbons (Fsp3) is 0.480. The average Bonchev–Trinajstić information content (AvgIpc) is 3.17. The fourth-order valence-electron chi connectivity index (χ4n) is 5.68. The van der Waals surface area contributed by atoms with Gasteiger partial charge in [0.2, 0.25) is 0 Å². The summed E-state index contributed by atoms with van der Waals surface area (Å²) in [6.45, 7) is 2.86. The highest BCUT2D eigenvalue weighted by Gasteiger charge is 2.51. The van der Waals surface area contributed by atoms with Crippen molar-refractivity contribution >= 4 is 0 Å². The monoisotopic (exact) mass is 391 g/mol. The number of hydrogen-bond donors (Lipinski definition) is 1. The molecule has 0 bridgehead atoms. The van der Waals surface area contributed by atoms with Crippen molar-refractivity contribution in [3.63, 3.8) is 0 Å². The van der Waals surface area contributed by atoms with E-state index < -0.39 is 5.41 Å². The fourth-order valence-corrected chi connectivity index (χ4v) is 5.68. The number of nitrogens with zero attached hydrogens (tertiary/aromatic N) is 2. The first-order valence-electron chi connectivity index (χ1n) is 10.8. The molecular weight excluding hydrogens is 361 g/mol. The van der Waals surface area contributed by atoms with Crippen molar-refractivity contribution in [1.29, 1.82) is 5.26 Å². The van der Waals surface area contributed by atoms with Crippen LogP contribution in [0, 0.1) is 29.0 Å². The molecule has 0 aromatic heterocycles. The van der Waals surface area contributed by atoms with Crippen LogP contribution >= 0.6 is 0 Å². The zero-order valence-electron chi connectivity index (χ0n) is 16.9. The van der Waals surface area contributed by atoms with E-state index in [0.717, 1.165) is 57.3 Å². The van der Waals surface area contributed by atoms with Gasteiger partial charge in [-0.1, -0.05) is 48.9 Å². The Morgan fingerprint density at radius 2 is 1.79 bits per heavy atom. The molecule has 3 atom stereocenters. The van der Waals surface area contributed by atoms with E-state index in [4.69, 9.17) is 5.73 Å². The molecule has 2 N–H and O–H groups in total. The van der Waals surface area contributed by atoms with Gasteiger partial charge in [-0.05, 0) is 73.9 Å². The van der Waals surface area contributed by atoms with Crippen LogP contribution in [0.3, 0.4) is 0 Å². The van der Waals surface area contributed by atoms with Crippen LogP contribution in [-0.2, 0) is 12.0 Å². The first-order chi connectivity index (χ1) is 14.1. The van der Waals surface area contributed by atoms with Gasteiger partial charge in [0, 0.05) is 12.6 Å². The number of piperidine rings is 1. The summed E-state index contributed by atoms with van der Waals surface area (Å²) in [6.07, 6.45) is 4.85. The van der Waals surface area contributed by atoms with Gasteiger partial charge in [-0.3, -0.25) is 4.90 Å². The highest BCUT2D eigenvalue weighted by molar-refractivity contribution is 5.37. The number of hydrogen-bond acceptors (Lipinski definition) is 3. The molecule has 2 aromatic rings. The second-order valence-electron chi connectivity index (χ2n) is 8.73. The number of rotatable bonds is 5. The molecule has 1 aliphatic heterocycles. The first kappa shape index (κ1) is 20.1. The van der Waals surface area contributed by atoms with Gasteiger partial charge >= 0.3 is 0 Å². The van der Waals surface area contributed by atoms with Crippen LogP contribution in [0.15, 0.2) is 54.6 Å². The molecular formula is C25H30FN3. The van der Waals surface area contributed by atoms with E-state index in [2.05, 4.69) is 35.2 Å². The molecule has 1 heterocycles. The zero-order chi connectivity index (χ0) is 20.3. The lowest BCUT2D eigenvalue weighted by atomic mass is 9.59. The van der Waals surface area contributed by atoms with Crippen LogP contribution < -0.4 is 5.73 Å². The Balaban J connectivity index is 1.58. The Hall–Kier alpha value is -2.22. The second kappa shape index (κ2) is 8.65. The Morgan fingerprint density at radius 3 is 2.41 bits per heavy atom. The van der Waals surface area contributed by atoms with Crippen molar-refractivity contribution in [3.05, 3.63) is 71.5 Å². The molecule has 29 heavy (non-hydrogen) atoms. The van der Waals surface area contributed by atoms with Gasteiger partial charge in [0.15, 0.2) is 0 Å². The predicted molar refractivity (Wildman–Crippen MR) is 113 cm³/mol. The molecule has 1 aliphatic carbocycles. The Labute approximate surface area is 173 Å². The van der Waals surface area contributed by atoms with E-state index in [1.54, 1.807) is 12.1 Å². The van der Waals surface area contributed by atoms with Crippen molar-refractivity contribution in [2.24, 2.45) is 17.6 Å². The third-order valence-corrected chi connectivity index (χ3v) is 7.12. The lowest BCUT2D eigenvalue weighted by Crippen LogP contribution is -2.50. The molecule has 0 amide bonds. The quantitative estimate of drug-likeness (QED) is 0.809. The molecule has 2 fully saturated rings. The summed E-state index contributed by atoms with van der Waals surface area (Å²) in [6, 6.07) is 19.9. The van der Waals surface area contributed by atoms with Crippen molar-refractivity contribution in [1.82, 2.24) is 4.90 Å². The minimum atomic E-state index is -0.698. The highest BCUT2D eigenvalue weighted by atomic mass is 19.1. The lowest BCUT2D eigenvalue weighted by Gasteiger charge is -2.45. The van der Waals surface area contributed by atoms with Crippen LogP contribution in [-0.4, -0.2) is 24.0 Å². The summed E-state index contributed by atoms with van der Waals surface area (Å²) >= 11 is 0. The molecule has 0 radical (unpaired) electrons. The molecule has 2 aromatic carbocycles. The number of likely N-dealkylation sites (tertiary alicyclic amines) is 1. The predicted octanol–water partition coefficient (Wildman–Crippen LogP) is 4.63. The summed E-state index contributed by atoms with van der Waals surface area (Å²) in [7, 11) is 0. The van der Waals surface area contributed by atoms with E-state index in [9.17, 15) is 9.65 Å². The number of nitrogens with two attached hydrogens (primary N) is 1. The minimum Gasteiger partial charge on any atom is -0.327 e. The lowest BCUT2D eigenvalue weighted by molar-refractivity contribution is 0.110. The minimum absolute atomic E-state index is 0.0141. The summed E-state index contributed by atoms with van der Waals surface area (Å²) in [5.41, 5.74) is 7.94. The van der Waals surface area contributed by atoms with Gasteiger partial charge in [0.05, 0.1) is 11.5 Å². The normalized spacial score (nSPS) is 25.4. The van der Waals surface area contributed by atoms with Gasteiger partial charge in [0.25, 0.3) is 0 Å². The van der Waals surface area contributed by atoms with Crippen molar-refractivity contribution in [2.45, 2.75) is 50.1 Å². The summed E-state index contributed by atoms with van der Waals surface area (Å²) in [5.74, 6) is 0.0330. The molecule has 0 unspecified atom stereocenters. The largest absolute Gasteiger partial charge is 0.327 e. The molecule has 4 heteroatoms. The Bertz CT molecular complexity index is 854. The summed E-state index contributed by atoms with van der Waals surface area (Å²) in [4.78, 5) is 2.47. The second-order valence-corrected chi connectivity index (χ2v) is 8.73. The molecule has 3 nitrogen and oxygen atoms in total. The van der Waals surface area contributed by atoms with Gasteiger partial charge < -0.3 is 5.73 Å². The SMILES string of the molecule is N#C[C@@](c1cccc(F)c1)(C1CCN(Cc2ccccc2)CC1)[C@H]1CCC[C@@H]1N. The first-order valence-corrected chi connectivity index (χ1v) is 10.8. The Kier molecular flexibility index (Phi) is 5.99. The summed E-state index contributed by atoms with van der Waals surface area (Å²) < 4.78 is 14.1. The standard InChI is InChI=1S/C25H30FN3/c26-22-9-4-8-21(16-22)25(18-27,23-10-5-11-24(23)28)20-12-14-29(15-13-20)17-19-6-2-1-3-7-19/h1-4,6-9,16,20,23-24H,5,10-15,17,28H2/t23-,24-,25-/m0/s1. The van der Waals surface area contributed by atoms with Gasteiger partial charge in [0.1, 0.15) is 5.82 Å². The average molecular weight is 392 g/mol. The van der Waals surface area contributed by atoms with E-state index >= 15 is 0 Å². The van der Waals surface area contributed by atoms with E-state index in [0.29, 0.717) is 0 Å². The highest BCUT2D eigenvalue weighted by Crippen LogP contribution is 2.49. The third-order valence-electron chi connectivity index (χ3n) is 7.12. The number of benzene rings is 2. The van der Waals surface area contributed by atoms with Crippen LogP contribution in [0.1, 0.15) is 43.2 Å². The van der Waals surface area contributed by atoms with Crippen LogP contribution in [0.5, 0.6) is 0 Å². The molecule has 152 valence electrons. The maximum atomic E-state index is 14.1. The number of halogens is 1. The summed E-state index contributed by atoms with van der Waals surface area (Å²) in [5, 5.41) is 10.5. The number of nitriles is 1. The zero-order valence-corrected chi connectivity index (χ0v) is 16.9.